The number of anilines is 1. The van der Waals surface area contributed by atoms with Crippen molar-refractivity contribution in [1.82, 2.24) is 0 Å². The number of amides is 1. The lowest BCUT2D eigenvalue weighted by Gasteiger charge is -2.15. The summed E-state index contributed by atoms with van der Waals surface area (Å²) in [5, 5.41) is 3.13. The van der Waals surface area contributed by atoms with E-state index < -0.39 is 23.2 Å². The average Bonchev–Trinajstić information content (AvgIpc) is 2.48. The van der Waals surface area contributed by atoms with Crippen LogP contribution in [0.5, 0.6) is 0 Å². The molecule has 0 aliphatic heterocycles. The molecule has 2 N–H and O–H groups in total. The smallest absolute Gasteiger partial charge is 0.279 e. The third-order valence-electron chi connectivity index (χ3n) is 3.21. The quantitative estimate of drug-likeness (QED) is 0.845. The number of carbonyl (C=O) groups is 1. The van der Waals surface area contributed by atoms with Gasteiger partial charge in [0, 0.05) is 5.56 Å². The van der Waals surface area contributed by atoms with Crippen LogP contribution in [-0.4, -0.2) is 19.5 Å². The molecule has 1 atom stereocenters. The summed E-state index contributed by atoms with van der Waals surface area (Å²) in [6.45, 7) is 0.475. The zero-order valence-electron chi connectivity index (χ0n) is 12.3. The number of carbonyl (C=O) groups excluding carboxylic acids is 1. The largest absolute Gasteiger partial charge is 0.326 e. The monoisotopic (exact) mass is 359 g/mol. The Labute approximate surface area is 142 Å². The SMILES string of the molecule is C[NH+](CC(=O)Nc1c(F)cccc1F)Cc1cccc(Cl)c1Cl. The Kier molecular flexibility index (Phi) is 5.93. The van der Waals surface area contributed by atoms with Crippen LogP contribution in [0.15, 0.2) is 36.4 Å². The van der Waals surface area contributed by atoms with E-state index in [0.29, 0.717) is 16.6 Å². The lowest BCUT2D eigenvalue weighted by atomic mass is 10.2. The fourth-order valence-electron chi connectivity index (χ4n) is 2.15. The van der Waals surface area contributed by atoms with Gasteiger partial charge in [-0.2, -0.15) is 0 Å². The van der Waals surface area contributed by atoms with E-state index in [2.05, 4.69) is 5.32 Å². The molecule has 23 heavy (non-hydrogen) atoms. The Bertz CT molecular complexity index is 705. The van der Waals surface area contributed by atoms with Gasteiger partial charge in [0.25, 0.3) is 5.91 Å². The van der Waals surface area contributed by atoms with Crippen LogP contribution in [-0.2, 0) is 11.3 Å². The van der Waals surface area contributed by atoms with Crippen LogP contribution >= 0.6 is 23.2 Å². The van der Waals surface area contributed by atoms with E-state index in [0.717, 1.165) is 22.6 Å². The number of hydrogen-bond acceptors (Lipinski definition) is 1. The van der Waals surface area contributed by atoms with E-state index in [-0.39, 0.29) is 6.54 Å². The fraction of sp³-hybridized carbons (Fsp3) is 0.188. The van der Waals surface area contributed by atoms with Gasteiger partial charge in [-0.15, -0.1) is 0 Å². The van der Waals surface area contributed by atoms with Crippen LogP contribution in [0.3, 0.4) is 0 Å². The maximum atomic E-state index is 13.5. The Morgan fingerprint density at radius 2 is 1.74 bits per heavy atom. The minimum Gasteiger partial charge on any atom is -0.326 e. The van der Waals surface area contributed by atoms with Crippen molar-refractivity contribution < 1.29 is 18.5 Å². The van der Waals surface area contributed by atoms with Gasteiger partial charge >= 0.3 is 0 Å². The highest BCUT2D eigenvalue weighted by atomic mass is 35.5. The van der Waals surface area contributed by atoms with Crippen molar-refractivity contribution in [2.24, 2.45) is 0 Å². The van der Waals surface area contributed by atoms with Gasteiger partial charge in [0.1, 0.15) is 23.9 Å². The summed E-state index contributed by atoms with van der Waals surface area (Å²) < 4.78 is 27.0. The summed E-state index contributed by atoms with van der Waals surface area (Å²) in [6.07, 6.45) is 0. The van der Waals surface area contributed by atoms with Crippen LogP contribution in [0.25, 0.3) is 0 Å². The molecule has 2 aromatic carbocycles. The molecule has 0 aliphatic carbocycles. The first-order valence-corrected chi connectivity index (χ1v) is 7.62. The second-order valence-corrected chi connectivity index (χ2v) is 5.95. The summed E-state index contributed by atoms with van der Waals surface area (Å²) >= 11 is 12.0. The predicted molar refractivity (Wildman–Crippen MR) is 86.9 cm³/mol. The highest BCUT2D eigenvalue weighted by molar-refractivity contribution is 6.42. The molecule has 122 valence electrons. The van der Waals surface area contributed by atoms with Crippen molar-refractivity contribution in [3.63, 3.8) is 0 Å². The van der Waals surface area contributed by atoms with Gasteiger partial charge in [0.15, 0.2) is 6.54 Å². The Balaban J connectivity index is 1.99. The summed E-state index contributed by atoms with van der Waals surface area (Å²) in [6, 6.07) is 8.66. The molecular formula is C16H15Cl2F2N2O+. The Morgan fingerprint density at radius 3 is 2.39 bits per heavy atom. The molecule has 0 aliphatic rings. The van der Waals surface area contributed by atoms with Crippen molar-refractivity contribution >= 4 is 34.8 Å². The first-order chi connectivity index (χ1) is 10.9. The second kappa shape index (κ2) is 7.73. The topological polar surface area (TPSA) is 33.5 Å². The molecule has 0 fully saturated rings. The van der Waals surface area contributed by atoms with E-state index in [1.807, 2.05) is 6.07 Å². The highest BCUT2D eigenvalue weighted by Crippen LogP contribution is 2.24. The van der Waals surface area contributed by atoms with E-state index >= 15 is 0 Å². The maximum absolute atomic E-state index is 13.5. The maximum Gasteiger partial charge on any atom is 0.279 e. The number of likely N-dealkylation sites (N-methyl/N-ethyl adjacent to an activating group) is 1. The van der Waals surface area contributed by atoms with Gasteiger partial charge < -0.3 is 10.2 Å². The number of benzene rings is 2. The first-order valence-electron chi connectivity index (χ1n) is 6.86. The first kappa shape index (κ1) is 17.7. The van der Waals surface area contributed by atoms with E-state index in [1.54, 1.807) is 19.2 Å². The number of hydrogen-bond donors (Lipinski definition) is 2. The number of rotatable bonds is 5. The third kappa shape index (κ3) is 4.64. The van der Waals surface area contributed by atoms with Crippen molar-refractivity contribution in [1.29, 1.82) is 0 Å². The fourth-order valence-corrected chi connectivity index (χ4v) is 2.53. The van der Waals surface area contributed by atoms with Crippen molar-refractivity contribution in [2.75, 3.05) is 18.9 Å². The summed E-state index contributed by atoms with van der Waals surface area (Å²) in [4.78, 5) is 12.7. The van der Waals surface area contributed by atoms with Crippen molar-refractivity contribution in [2.45, 2.75) is 6.54 Å². The molecule has 3 nitrogen and oxygen atoms in total. The minimum atomic E-state index is -0.811. The van der Waals surface area contributed by atoms with Crippen molar-refractivity contribution in [3.8, 4) is 0 Å². The molecule has 2 rings (SSSR count). The normalized spacial score (nSPS) is 12.0. The van der Waals surface area contributed by atoms with Crippen molar-refractivity contribution in [3.05, 3.63) is 63.6 Å². The predicted octanol–water partition coefficient (Wildman–Crippen LogP) is 2.93. The van der Waals surface area contributed by atoms with Gasteiger partial charge in [0.2, 0.25) is 0 Å². The molecule has 1 unspecified atom stereocenters. The van der Waals surface area contributed by atoms with Crippen LogP contribution < -0.4 is 10.2 Å². The molecule has 0 saturated carbocycles. The van der Waals surface area contributed by atoms with E-state index in [9.17, 15) is 13.6 Å². The van der Waals surface area contributed by atoms with Gasteiger partial charge in [-0.05, 0) is 18.2 Å². The van der Waals surface area contributed by atoms with Crippen LogP contribution in [0.1, 0.15) is 5.56 Å². The van der Waals surface area contributed by atoms with Gasteiger partial charge in [0.05, 0.1) is 17.1 Å². The van der Waals surface area contributed by atoms with Gasteiger partial charge in [-0.1, -0.05) is 41.4 Å². The molecule has 0 radical (unpaired) electrons. The highest BCUT2D eigenvalue weighted by Gasteiger charge is 2.16. The zero-order valence-corrected chi connectivity index (χ0v) is 13.8. The standard InChI is InChI=1S/C16H14Cl2F2N2O/c1-22(8-10-4-2-5-11(17)15(10)18)9-14(23)21-16-12(19)6-3-7-13(16)20/h2-7H,8-9H2,1H3,(H,21,23)/p+1. The molecule has 0 spiro atoms. The number of nitrogens with one attached hydrogen (secondary N) is 2. The molecule has 1 amide bonds. The van der Waals surface area contributed by atoms with Crippen LogP contribution in [0.4, 0.5) is 14.5 Å². The molecule has 0 bridgehead atoms. The summed E-state index contributed by atoms with van der Waals surface area (Å²) in [5.41, 5.74) is 0.354. The zero-order chi connectivity index (χ0) is 17.0. The number of quaternary nitrogens is 1. The number of halogens is 4. The molecule has 0 heterocycles. The van der Waals surface area contributed by atoms with E-state index in [1.165, 1.54) is 6.07 Å². The lowest BCUT2D eigenvalue weighted by Crippen LogP contribution is -3.08. The average molecular weight is 360 g/mol. The van der Waals surface area contributed by atoms with Gasteiger partial charge in [-0.25, -0.2) is 8.78 Å². The second-order valence-electron chi connectivity index (χ2n) is 5.17. The summed E-state index contributed by atoms with van der Waals surface area (Å²) in [7, 11) is 1.77. The van der Waals surface area contributed by atoms with Crippen LogP contribution in [0, 0.1) is 11.6 Å². The minimum absolute atomic E-state index is 0.0244. The van der Waals surface area contributed by atoms with Crippen LogP contribution in [0.2, 0.25) is 10.0 Å². The van der Waals surface area contributed by atoms with Gasteiger partial charge in [-0.3, -0.25) is 4.79 Å². The summed E-state index contributed by atoms with van der Waals surface area (Å²) in [5.74, 6) is -2.12. The molecular weight excluding hydrogens is 345 g/mol. The van der Waals surface area contributed by atoms with E-state index in [4.69, 9.17) is 23.2 Å². The Morgan fingerprint density at radius 1 is 1.13 bits per heavy atom. The molecule has 0 aromatic heterocycles. The Hall–Kier alpha value is -1.69. The third-order valence-corrected chi connectivity index (χ3v) is 4.07. The lowest BCUT2D eigenvalue weighted by molar-refractivity contribution is -0.885. The molecule has 0 saturated heterocycles. The number of para-hydroxylation sites is 1. The molecule has 7 heteroatoms. The molecule has 2 aromatic rings.